The molecule has 0 saturated heterocycles. The van der Waals surface area contributed by atoms with Gasteiger partial charge in [0.05, 0.1) is 11.7 Å². The number of hydrogen-bond acceptors (Lipinski definition) is 3. The van der Waals surface area contributed by atoms with E-state index in [-0.39, 0.29) is 6.10 Å². The second-order valence-corrected chi connectivity index (χ2v) is 3.03. The molecule has 0 saturated carbocycles. The number of benzene rings is 1. The Bertz CT molecular complexity index is 339. The summed E-state index contributed by atoms with van der Waals surface area (Å²) in [6.07, 6.45) is 0.0655. The van der Waals surface area contributed by atoms with E-state index in [9.17, 15) is 0 Å². The van der Waals surface area contributed by atoms with Crippen LogP contribution < -0.4 is 10.5 Å². The zero-order valence-electron chi connectivity index (χ0n) is 7.74. The van der Waals surface area contributed by atoms with Gasteiger partial charge in [-0.05, 0) is 32.0 Å². The Morgan fingerprint density at radius 2 is 2.15 bits per heavy atom. The van der Waals surface area contributed by atoms with Gasteiger partial charge in [0.2, 0.25) is 0 Å². The summed E-state index contributed by atoms with van der Waals surface area (Å²) < 4.78 is 5.41. The standard InChI is InChI=1S/C10H12N2O/c1-7(2)13-10-4-3-9(12)5-8(10)6-11/h3-5,7H,12H2,1-2H3. The highest BCUT2D eigenvalue weighted by atomic mass is 16.5. The third kappa shape index (κ3) is 2.38. The molecule has 1 rings (SSSR count). The van der Waals surface area contributed by atoms with E-state index in [1.807, 2.05) is 19.9 Å². The van der Waals surface area contributed by atoms with Crippen LogP contribution >= 0.6 is 0 Å². The summed E-state index contributed by atoms with van der Waals surface area (Å²) in [5.74, 6) is 0.590. The van der Waals surface area contributed by atoms with E-state index in [0.29, 0.717) is 17.0 Å². The van der Waals surface area contributed by atoms with Crippen LogP contribution in [0.25, 0.3) is 0 Å². The van der Waals surface area contributed by atoms with E-state index >= 15 is 0 Å². The molecule has 13 heavy (non-hydrogen) atoms. The van der Waals surface area contributed by atoms with Gasteiger partial charge in [0.1, 0.15) is 11.8 Å². The van der Waals surface area contributed by atoms with Crippen molar-refractivity contribution in [2.45, 2.75) is 20.0 Å². The Morgan fingerprint density at radius 3 is 2.69 bits per heavy atom. The Labute approximate surface area is 77.7 Å². The van der Waals surface area contributed by atoms with Crippen molar-refractivity contribution in [3.8, 4) is 11.8 Å². The SMILES string of the molecule is CC(C)Oc1ccc(N)cc1C#N. The zero-order chi connectivity index (χ0) is 9.84. The minimum atomic E-state index is 0.0655. The van der Waals surface area contributed by atoms with Crippen molar-refractivity contribution in [2.24, 2.45) is 0 Å². The van der Waals surface area contributed by atoms with Crippen LogP contribution in [0.3, 0.4) is 0 Å². The van der Waals surface area contributed by atoms with Crippen molar-refractivity contribution in [3.63, 3.8) is 0 Å². The quantitative estimate of drug-likeness (QED) is 0.700. The summed E-state index contributed by atoms with van der Waals surface area (Å²) in [7, 11) is 0. The lowest BCUT2D eigenvalue weighted by Crippen LogP contribution is -2.06. The van der Waals surface area contributed by atoms with Gasteiger partial charge in [0.15, 0.2) is 0 Å². The highest BCUT2D eigenvalue weighted by molar-refractivity contribution is 5.53. The molecule has 1 aromatic carbocycles. The first-order chi connectivity index (χ1) is 6.13. The van der Waals surface area contributed by atoms with Gasteiger partial charge in [-0.1, -0.05) is 0 Å². The topological polar surface area (TPSA) is 59.0 Å². The van der Waals surface area contributed by atoms with Gasteiger partial charge in [0.25, 0.3) is 0 Å². The molecule has 0 aliphatic rings. The summed E-state index contributed by atoms with van der Waals surface area (Å²) >= 11 is 0. The predicted octanol–water partition coefficient (Wildman–Crippen LogP) is 1.93. The van der Waals surface area contributed by atoms with Gasteiger partial charge in [0, 0.05) is 5.69 Å². The predicted molar refractivity (Wildman–Crippen MR) is 51.3 cm³/mol. The Balaban J connectivity index is 3.01. The maximum Gasteiger partial charge on any atom is 0.137 e. The van der Waals surface area contributed by atoms with Gasteiger partial charge >= 0.3 is 0 Å². The van der Waals surface area contributed by atoms with Crippen molar-refractivity contribution in [2.75, 3.05) is 5.73 Å². The second kappa shape index (κ2) is 3.81. The molecule has 3 heteroatoms. The van der Waals surface area contributed by atoms with Crippen LogP contribution in [0.4, 0.5) is 5.69 Å². The minimum Gasteiger partial charge on any atom is -0.490 e. The molecule has 0 spiro atoms. The Kier molecular flexibility index (Phi) is 2.76. The normalized spacial score (nSPS) is 9.69. The summed E-state index contributed by atoms with van der Waals surface area (Å²) in [6.45, 7) is 3.83. The van der Waals surface area contributed by atoms with Crippen LogP contribution in [0.15, 0.2) is 18.2 Å². The monoisotopic (exact) mass is 176 g/mol. The van der Waals surface area contributed by atoms with E-state index in [1.54, 1.807) is 18.2 Å². The molecular weight excluding hydrogens is 164 g/mol. The third-order valence-electron chi connectivity index (χ3n) is 1.49. The average molecular weight is 176 g/mol. The fourth-order valence-corrected chi connectivity index (χ4v) is 0.992. The van der Waals surface area contributed by atoms with Crippen LogP contribution in [0.1, 0.15) is 19.4 Å². The minimum absolute atomic E-state index is 0.0655. The molecule has 2 N–H and O–H groups in total. The maximum absolute atomic E-state index is 8.77. The fourth-order valence-electron chi connectivity index (χ4n) is 0.992. The number of nitriles is 1. The first-order valence-corrected chi connectivity index (χ1v) is 4.09. The average Bonchev–Trinajstić information content (AvgIpc) is 2.07. The second-order valence-electron chi connectivity index (χ2n) is 3.03. The molecule has 0 aliphatic carbocycles. The molecule has 0 aromatic heterocycles. The number of hydrogen-bond donors (Lipinski definition) is 1. The van der Waals surface area contributed by atoms with E-state index in [4.69, 9.17) is 15.7 Å². The number of nitrogens with zero attached hydrogens (tertiary/aromatic N) is 1. The molecule has 0 radical (unpaired) electrons. The van der Waals surface area contributed by atoms with Crippen molar-refractivity contribution in [3.05, 3.63) is 23.8 Å². The molecule has 1 aromatic rings. The van der Waals surface area contributed by atoms with Crippen LogP contribution in [-0.4, -0.2) is 6.10 Å². The van der Waals surface area contributed by atoms with Gasteiger partial charge in [-0.15, -0.1) is 0 Å². The highest BCUT2D eigenvalue weighted by Crippen LogP contribution is 2.21. The molecule has 0 unspecified atom stereocenters. The molecule has 0 fully saturated rings. The Morgan fingerprint density at radius 1 is 1.46 bits per heavy atom. The van der Waals surface area contributed by atoms with Crippen LogP contribution in [0, 0.1) is 11.3 Å². The number of nitrogen functional groups attached to an aromatic ring is 1. The van der Waals surface area contributed by atoms with E-state index in [1.165, 1.54) is 0 Å². The molecule has 68 valence electrons. The molecule has 0 atom stereocenters. The molecule has 0 aliphatic heterocycles. The molecule has 0 amide bonds. The lowest BCUT2D eigenvalue weighted by atomic mass is 10.2. The number of ether oxygens (including phenoxy) is 1. The largest absolute Gasteiger partial charge is 0.490 e. The van der Waals surface area contributed by atoms with E-state index in [2.05, 4.69) is 0 Å². The summed E-state index contributed by atoms with van der Waals surface area (Å²) in [5, 5.41) is 8.77. The summed E-state index contributed by atoms with van der Waals surface area (Å²) in [5.41, 5.74) is 6.58. The van der Waals surface area contributed by atoms with Gasteiger partial charge in [-0.3, -0.25) is 0 Å². The molecule has 0 heterocycles. The zero-order valence-corrected chi connectivity index (χ0v) is 7.74. The maximum atomic E-state index is 8.77. The first-order valence-electron chi connectivity index (χ1n) is 4.09. The first kappa shape index (κ1) is 9.40. The van der Waals surface area contributed by atoms with Gasteiger partial charge in [-0.25, -0.2) is 0 Å². The van der Waals surface area contributed by atoms with Gasteiger partial charge < -0.3 is 10.5 Å². The van der Waals surface area contributed by atoms with Crippen LogP contribution in [0.5, 0.6) is 5.75 Å². The van der Waals surface area contributed by atoms with Crippen molar-refractivity contribution in [1.82, 2.24) is 0 Å². The lowest BCUT2D eigenvalue weighted by molar-refractivity contribution is 0.242. The highest BCUT2D eigenvalue weighted by Gasteiger charge is 2.04. The molecular formula is C10H12N2O. The Hall–Kier alpha value is -1.69. The van der Waals surface area contributed by atoms with Crippen molar-refractivity contribution in [1.29, 1.82) is 5.26 Å². The fraction of sp³-hybridized carbons (Fsp3) is 0.300. The smallest absolute Gasteiger partial charge is 0.137 e. The van der Waals surface area contributed by atoms with Crippen molar-refractivity contribution < 1.29 is 4.74 Å². The number of nitrogens with two attached hydrogens (primary N) is 1. The van der Waals surface area contributed by atoms with Crippen LogP contribution in [0.2, 0.25) is 0 Å². The summed E-state index contributed by atoms with van der Waals surface area (Å²) in [6, 6.07) is 7.08. The third-order valence-corrected chi connectivity index (χ3v) is 1.49. The summed E-state index contributed by atoms with van der Waals surface area (Å²) in [4.78, 5) is 0. The lowest BCUT2D eigenvalue weighted by Gasteiger charge is -2.10. The molecule has 0 bridgehead atoms. The van der Waals surface area contributed by atoms with E-state index in [0.717, 1.165) is 0 Å². The number of rotatable bonds is 2. The van der Waals surface area contributed by atoms with Crippen LogP contribution in [-0.2, 0) is 0 Å². The van der Waals surface area contributed by atoms with Crippen molar-refractivity contribution >= 4 is 5.69 Å². The molecule has 3 nitrogen and oxygen atoms in total. The van der Waals surface area contributed by atoms with E-state index < -0.39 is 0 Å². The number of anilines is 1. The van der Waals surface area contributed by atoms with Gasteiger partial charge in [-0.2, -0.15) is 5.26 Å².